The van der Waals surface area contributed by atoms with Crippen molar-refractivity contribution in [3.05, 3.63) is 42.0 Å². The fourth-order valence-electron chi connectivity index (χ4n) is 1.94. The van der Waals surface area contributed by atoms with E-state index in [9.17, 15) is 4.39 Å². The van der Waals surface area contributed by atoms with E-state index in [-0.39, 0.29) is 5.82 Å². The fraction of sp³-hybridized carbons (Fsp3) is 0.400. The van der Waals surface area contributed by atoms with Gasteiger partial charge < -0.3 is 10.1 Å². The van der Waals surface area contributed by atoms with E-state index in [1.54, 1.807) is 6.20 Å². The smallest absolute Gasteiger partial charge is 0.165 e. The van der Waals surface area contributed by atoms with Gasteiger partial charge in [0.2, 0.25) is 0 Å². The van der Waals surface area contributed by atoms with E-state index < -0.39 is 0 Å². The van der Waals surface area contributed by atoms with Crippen molar-refractivity contribution in [2.75, 3.05) is 6.54 Å². The van der Waals surface area contributed by atoms with Crippen LogP contribution in [0.25, 0.3) is 0 Å². The minimum Gasteiger partial charge on any atom is -0.454 e. The SMILES string of the molecule is CCCn1cc(Oc2cc(F)cc(CNCC)c2)cn1. The molecule has 0 saturated carbocycles. The molecule has 108 valence electrons. The zero-order chi connectivity index (χ0) is 14.4. The summed E-state index contributed by atoms with van der Waals surface area (Å²) < 4.78 is 21.0. The second-order valence-corrected chi connectivity index (χ2v) is 4.62. The van der Waals surface area contributed by atoms with Crippen LogP contribution in [0, 0.1) is 5.82 Å². The van der Waals surface area contributed by atoms with E-state index in [1.165, 1.54) is 12.1 Å². The van der Waals surface area contributed by atoms with Gasteiger partial charge in [0, 0.05) is 19.2 Å². The van der Waals surface area contributed by atoms with Crippen molar-refractivity contribution in [1.29, 1.82) is 0 Å². The van der Waals surface area contributed by atoms with Gasteiger partial charge >= 0.3 is 0 Å². The predicted molar refractivity (Wildman–Crippen MR) is 76.4 cm³/mol. The molecule has 5 heteroatoms. The summed E-state index contributed by atoms with van der Waals surface area (Å²) in [4.78, 5) is 0. The first-order chi connectivity index (χ1) is 9.71. The Morgan fingerprint density at radius 1 is 1.25 bits per heavy atom. The van der Waals surface area contributed by atoms with E-state index in [2.05, 4.69) is 17.3 Å². The molecule has 2 rings (SSSR count). The lowest BCUT2D eigenvalue weighted by atomic mass is 10.2. The highest BCUT2D eigenvalue weighted by Gasteiger charge is 2.05. The van der Waals surface area contributed by atoms with Gasteiger partial charge in [-0.1, -0.05) is 13.8 Å². The molecular weight excluding hydrogens is 257 g/mol. The van der Waals surface area contributed by atoms with Crippen LogP contribution in [0.1, 0.15) is 25.8 Å². The molecule has 1 heterocycles. The number of nitrogens with one attached hydrogen (secondary N) is 1. The molecule has 1 N–H and O–H groups in total. The molecule has 0 bridgehead atoms. The second kappa shape index (κ2) is 7.05. The third-order valence-corrected chi connectivity index (χ3v) is 2.81. The molecule has 4 nitrogen and oxygen atoms in total. The van der Waals surface area contributed by atoms with E-state index in [1.807, 2.05) is 23.9 Å². The highest BCUT2D eigenvalue weighted by atomic mass is 19.1. The zero-order valence-electron chi connectivity index (χ0n) is 11.9. The van der Waals surface area contributed by atoms with Crippen LogP contribution >= 0.6 is 0 Å². The van der Waals surface area contributed by atoms with Crippen LogP contribution in [-0.2, 0) is 13.1 Å². The quantitative estimate of drug-likeness (QED) is 0.843. The van der Waals surface area contributed by atoms with Crippen molar-refractivity contribution in [2.24, 2.45) is 0 Å². The van der Waals surface area contributed by atoms with Gasteiger partial charge in [-0.2, -0.15) is 5.10 Å². The number of benzene rings is 1. The molecular formula is C15H20FN3O. The third kappa shape index (κ3) is 4.06. The van der Waals surface area contributed by atoms with Crippen molar-refractivity contribution in [3.8, 4) is 11.5 Å². The fourth-order valence-corrected chi connectivity index (χ4v) is 1.94. The maximum atomic E-state index is 13.6. The van der Waals surface area contributed by atoms with Crippen molar-refractivity contribution >= 4 is 0 Å². The molecule has 0 aliphatic rings. The molecule has 1 aromatic heterocycles. The summed E-state index contributed by atoms with van der Waals surface area (Å²) in [6, 6.07) is 4.73. The number of hydrogen-bond acceptors (Lipinski definition) is 3. The molecule has 2 aromatic rings. The molecule has 0 amide bonds. The first-order valence-electron chi connectivity index (χ1n) is 6.91. The third-order valence-electron chi connectivity index (χ3n) is 2.81. The maximum Gasteiger partial charge on any atom is 0.165 e. The van der Waals surface area contributed by atoms with Gasteiger partial charge in [0.1, 0.15) is 11.6 Å². The van der Waals surface area contributed by atoms with Crippen molar-refractivity contribution in [2.45, 2.75) is 33.4 Å². The van der Waals surface area contributed by atoms with Crippen LogP contribution in [0.2, 0.25) is 0 Å². The topological polar surface area (TPSA) is 39.1 Å². The molecule has 0 spiro atoms. The Morgan fingerprint density at radius 3 is 2.85 bits per heavy atom. The van der Waals surface area contributed by atoms with Gasteiger partial charge in [-0.3, -0.25) is 4.68 Å². The Balaban J connectivity index is 2.09. The number of halogens is 1. The van der Waals surface area contributed by atoms with Crippen LogP contribution in [0.4, 0.5) is 4.39 Å². The Bertz CT molecular complexity index is 554. The minimum absolute atomic E-state index is 0.295. The van der Waals surface area contributed by atoms with Crippen LogP contribution in [0.15, 0.2) is 30.6 Å². The second-order valence-electron chi connectivity index (χ2n) is 4.62. The summed E-state index contributed by atoms with van der Waals surface area (Å²) in [5.41, 5.74) is 0.864. The molecule has 20 heavy (non-hydrogen) atoms. The van der Waals surface area contributed by atoms with Gasteiger partial charge in [-0.05, 0) is 30.7 Å². The van der Waals surface area contributed by atoms with Gasteiger partial charge in [0.15, 0.2) is 5.75 Å². The lowest BCUT2D eigenvalue weighted by Crippen LogP contribution is -2.11. The molecule has 0 aliphatic carbocycles. The standard InChI is InChI=1S/C15H20FN3O/c1-3-5-19-11-15(10-18-19)20-14-7-12(9-17-4-2)6-13(16)8-14/h6-8,10-11,17H,3-5,9H2,1-2H3. The van der Waals surface area contributed by atoms with Gasteiger partial charge in [0.25, 0.3) is 0 Å². The molecule has 0 fully saturated rings. The van der Waals surface area contributed by atoms with Crippen molar-refractivity contribution < 1.29 is 9.13 Å². The number of aromatic nitrogens is 2. The predicted octanol–water partition coefficient (Wildman–Crippen LogP) is 3.33. The average Bonchev–Trinajstić information content (AvgIpc) is 2.83. The first-order valence-corrected chi connectivity index (χ1v) is 6.91. The lowest BCUT2D eigenvalue weighted by Gasteiger charge is -2.07. The summed E-state index contributed by atoms with van der Waals surface area (Å²) in [5.74, 6) is 0.823. The first kappa shape index (κ1) is 14.5. The van der Waals surface area contributed by atoms with Crippen LogP contribution in [-0.4, -0.2) is 16.3 Å². The van der Waals surface area contributed by atoms with E-state index in [0.717, 1.165) is 25.1 Å². The Hall–Kier alpha value is -1.88. The number of hydrogen-bond donors (Lipinski definition) is 1. The van der Waals surface area contributed by atoms with Crippen LogP contribution in [0.5, 0.6) is 11.5 Å². The summed E-state index contributed by atoms with van der Waals surface area (Å²) in [7, 11) is 0. The summed E-state index contributed by atoms with van der Waals surface area (Å²) in [6.07, 6.45) is 4.47. The molecule has 0 atom stereocenters. The van der Waals surface area contributed by atoms with Gasteiger partial charge in [0.05, 0.1) is 12.4 Å². The monoisotopic (exact) mass is 277 g/mol. The van der Waals surface area contributed by atoms with Gasteiger partial charge in [-0.15, -0.1) is 0 Å². The summed E-state index contributed by atoms with van der Waals surface area (Å²) in [6.45, 7) is 6.41. The number of rotatable bonds is 7. The number of aryl methyl sites for hydroxylation is 1. The van der Waals surface area contributed by atoms with Crippen molar-refractivity contribution in [3.63, 3.8) is 0 Å². The van der Waals surface area contributed by atoms with Crippen molar-refractivity contribution in [1.82, 2.24) is 15.1 Å². The molecule has 1 aromatic carbocycles. The summed E-state index contributed by atoms with van der Waals surface area (Å²) >= 11 is 0. The van der Waals surface area contributed by atoms with E-state index in [0.29, 0.717) is 18.0 Å². The summed E-state index contributed by atoms with van der Waals surface area (Å²) in [5, 5.41) is 7.35. The normalized spacial score (nSPS) is 10.8. The zero-order valence-corrected chi connectivity index (χ0v) is 11.9. The molecule has 0 saturated heterocycles. The lowest BCUT2D eigenvalue weighted by molar-refractivity contribution is 0.473. The average molecular weight is 277 g/mol. The van der Waals surface area contributed by atoms with Gasteiger partial charge in [-0.25, -0.2) is 4.39 Å². The largest absolute Gasteiger partial charge is 0.454 e. The molecule has 0 radical (unpaired) electrons. The molecule has 0 aliphatic heterocycles. The Morgan fingerprint density at radius 2 is 2.10 bits per heavy atom. The molecule has 0 unspecified atom stereocenters. The van der Waals surface area contributed by atoms with E-state index in [4.69, 9.17) is 4.74 Å². The van der Waals surface area contributed by atoms with Crippen LogP contribution in [0.3, 0.4) is 0 Å². The highest BCUT2D eigenvalue weighted by Crippen LogP contribution is 2.23. The number of ether oxygens (including phenoxy) is 1. The Kier molecular flexibility index (Phi) is 5.12. The van der Waals surface area contributed by atoms with E-state index >= 15 is 0 Å². The van der Waals surface area contributed by atoms with Crippen LogP contribution < -0.4 is 10.1 Å². The highest BCUT2D eigenvalue weighted by molar-refractivity contribution is 5.33. The Labute approximate surface area is 118 Å². The number of nitrogens with zero attached hydrogens (tertiary/aromatic N) is 2. The maximum absolute atomic E-state index is 13.6. The minimum atomic E-state index is -0.295.